The van der Waals surface area contributed by atoms with Crippen molar-refractivity contribution in [3.63, 3.8) is 0 Å². The quantitative estimate of drug-likeness (QED) is 0.753. The van der Waals surface area contributed by atoms with E-state index in [4.69, 9.17) is 0 Å². The standard InChI is InChI=1S/C17H18BrN3O3/c1-2-16(24)21-9-17(10-21,11-22)19-15(23)8-20-6-5-12-7-13(18)3-4-14(12)20/h2-7,22H,1,8-11H2,(H,19,23). The lowest BCUT2D eigenvalue weighted by atomic mass is 9.90. The summed E-state index contributed by atoms with van der Waals surface area (Å²) in [5.74, 6) is -0.398. The summed E-state index contributed by atoms with van der Waals surface area (Å²) >= 11 is 3.43. The van der Waals surface area contributed by atoms with Crippen LogP contribution in [0.25, 0.3) is 10.9 Å². The van der Waals surface area contributed by atoms with E-state index >= 15 is 0 Å². The van der Waals surface area contributed by atoms with E-state index in [2.05, 4.69) is 27.8 Å². The minimum Gasteiger partial charge on any atom is -0.394 e. The summed E-state index contributed by atoms with van der Waals surface area (Å²) in [6, 6.07) is 7.81. The molecule has 1 aliphatic heterocycles. The topological polar surface area (TPSA) is 74.6 Å². The molecule has 1 saturated heterocycles. The normalized spacial score (nSPS) is 15.8. The minimum absolute atomic E-state index is 0.155. The SMILES string of the molecule is C=CC(=O)N1CC(CO)(NC(=O)Cn2ccc3cc(Br)ccc32)C1. The average Bonchev–Trinajstić information content (AvgIpc) is 2.91. The van der Waals surface area contributed by atoms with E-state index in [0.29, 0.717) is 13.1 Å². The Labute approximate surface area is 147 Å². The molecule has 0 unspecified atom stereocenters. The molecule has 0 spiro atoms. The molecule has 126 valence electrons. The number of nitrogens with zero attached hydrogens (tertiary/aromatic N) is 2. The molecule has 1 aromatic carbocycles. The fourth-order valence-corrected chi connectivity index (χ4v) is 3.37. The van der Waals surface area contributed by atoms with E-state index in [1.807, 2.05) is 35.0 Å². The number of aliphatic hydroxyl groups excluding tert-OH is 1. The van der Waals surface area contributed by atoms with Gasteiger partial charge in [-0.3, -0.25) is 9.59 Å². The molecule has 0 bridgehead atoms. The maximum Gasteiger partial charge on any atom is 0.246 e. The lowest BCUT2D eigenvalue weighted by molar-refractivity contribution is -0.140. The number of hydrogen-bond donors (Lipinski definition) is 2. The number of aliphatic hydroxyl groups is 1. The van der Waals surface area contributed by atoms with Crippen molar-refractivity contribution in [3.05, 3.63) is 47.6 Å². The van der Waals surface area contributed by atoms with E-state index in [-0.39, 0.29) is 25.0 Å². The molecular weight excluding hydrogens is 374 g/mol. The predicted molar refractivity (Wildman–Crippen MR) is 94.4 cm³/mol. The van der Waals surface area contributed by atoms with Crippen LogP contribution in [0.4, 0.5) is 0 Å². The number of rotatable bonds is 5. The summed E-state index contributed by atoms with van der Waals surface area (Å²) in [7, 11) is 0. The Morgan fingerprint density at radius 1 is 1.38 bits per heavy atom. The lowest BCUT2D eigenvalue weighted by Gasteiger charge is -2.49. The Balaban J connectivity index is 1.66. The van der Waals surface area contributed by atoms with Gasteiger partial charge < -0.3 is 19.9 Å². The Morgan fingerprint density at radius 2 is 2.12 bits per heavy atom. The summed E-state index contributed by atoms with van der Waals surface area (Å²) in [6.45, 7) is 3.96. The fraction of sp³-hybridized carbons (Fsp3) is 0.294. The molecule has 2 aromatic rings. The molecule has 7 heteroatoms. The van der Waals surface area contributed by atoms with Crippen molar-refractivity contribution in [3.8, 4) is 0 Å². The van der Waals surface area contributed by atoms with Crippen LogP contribution in [0.1, 0.15) is 0 Å². The maximum atomic E-state index is 12.4. The van der Waals surface area contributed by atoms with Gasteiger partial charge in [0.05, 0.1) is 12.1 Å². The maximum absolute atomic E-state index is 12.4. The van der Waals surface area contributed by atoms with Crippen LogP contribution in [0.15, 0.2) is 47.6 Å². The largest absolute Gasteiger partial charge is 0.394 e. The molecule has 2 amide bonds. The number of carbonyl (C=O) groups excluding carboxylic acids is 2. The van der Waals surface area contributed by atoms with Gasteiger partial charge in [0.25, 0.3) is 0 Å². The van der Waals surface area contributed by atoms with Crippen molar-refractivity contribution in [1.82, 2.24) is 14.8 Å². The van der Waals surface area contributed by atoms with Gasteiger partial charge in [-0.2, -0.15) is 0 Å². The molecule has 2 heterocycles. The third-order valence-electron chi connectivity index (χ3n) is 4.23. The van der Waals surface area contributed by atoms with E-state index in [1.165, 1.54) is 11.0 Å². The molecule has 2 N–H and O–H groups in total. The molecule has 0 radical (unpaired) electrons. The van der Waals surface area contributed by atoms with E-state index in [9.17, 15) is 14.7 Å². The molecule has 3 rings (SSSR count). The second-order valence-corrected chi connectivity index (χ2v) is 6.95. The van der Waals surface area contributed by atoms with Gasteiger partial charge in [-0.25, -0.2) is 0 Å². The number of halogens is 1. The number of hydrogen-bond acceptors (Lipinski definition) is 3. The second kappa shape index (κ2) is 6.41. The van der Waals surface area contributed by atoms with Gasteiger partial charge in [-0.15, -0.1) is 0 Å². The highest BCUT2D eigenvalue weighted by Crippen LogP contribution is 2.22. The molecule has 0 atom stereocenters. The third-order valence-corrected chi connectivity index (χ3v) is 4.72. The van der Waals surface area contributed by atoms with Crippen molar-refractivity contribution in [2.45, 2.75) is 12.1 Å². The van der Waals surface area contributed by atoms with Crippen LogP contribution in [0, 0.1) is 0 Å². The number of likely N-dealkylation sites (tertiary alicyclic amines) is 1. The van der Waals surface area contributed by atoms with Crippen molar-refractivity contribution in [2.24, 2.45) is 0 Å². The highest BCUT2D eigenvalue weighted by atomic mass is 79.9. The first-order valence-electron chi connectivity index (χ1n) is 7.54. The molecule has 1 aromatic heterocycles. The zero-order chi connectivity index (χ0) is 17.3. The lowest BCUT2D eigenvalue weighted by Crippen LogP contribution is -2.73. The number of amides is 2. The van der Waals surface area contributed by atoms with Gasteiger partial charge in [0.2, 0.25) is 11.8 Å². The first-order chi connectivity index (χ1) is 11.5. The number of carbonyl (C=O) groups is 2. The smallest absolute Gasteiger partial charge is 0.246 e. The van der Waals surface area contributed by atoms with Gasteiger partial charge in [-0.05, 0) is 30.3 Å². The molecule has 1 aliphatic rings. The van der Waals surface area contributed by atoms with Gasteiger partial charge in [0, 0.05) is 34.7 Å². The fourth-order valence-electron chi connectivity index (χ4n) is 2.99. The van der Waals surface area contributed by atoms with Crippen LogP contribution in [0.5, 0.6) is 0 Å². The molecule has 0 saturated carbocycles. The molecule has 6 nitrogen and oxygen atoms in total. The Bertz CT molecular complexity index is 809. The molecular formula is C17H18BrN3O3. The Kier molecular flexibility index (Phi) is 4.47. The summed E-state index contributed by atoms with van der Waals surface area (Å²) in [4.78, 5) is 25.4. The number of aromatic nitrogens is 1. The van der Waals surface area contributed by atoms with Crippen molar-refractivity contribution in [1.29, 1.82) is 0 Å². The van der Waals surface area contributed by atoms with E-state index < -0.39 is 5.54 Å². The summed E-state index contributed by atoms with van der Waals surface area (Å²) in [5.41, 5.74) is 0.199. The summed E-state index contributed by atoms with van der Waals surface area (Å²) in [6.07, 6.45) is 3.09. The number of fused-ring (bicyclic) bond motifs is 1. The first kappa shape index (κ1) is 16.7. The minimum atomic E-state index is -0.762. The van der Waals surface area contributed by atoms with Crippen molar-refractivity contribution in [2.75, 3.05) is 19.7 Å². The van der Waals surface area contributed by atoms with Crippen molar-refractivity contribution < 1.29 is 14.7 Å². The molecule has 0 aliphatic carbocycles. The van der Waals surface area contributed by atoms with Crippen LogP contribution in [-0.2, 0) is 16.1 Å². The van der Waals surface area contributed by atoms with Gasteiger partial charge in [0.15, 0.2) is 0 Å². The summed E-state index contributed by atoms with van der Waals surface area (Å²) < 4.78 is 2.84. The number of nitrogens with one attached hydrogen (secondary N) is 1. The van der Waals surface area contributed by atoms with E-state index in [1.54, 1.807) is 0 Å². The van der Waals surface area contributed by atoms with Gasteiger partial charge >= 0.3 is 0 Å². The van der Waals surface area contributed by atoms with Gasteiger partial charge in [-0.1, -0.05) is 22.5 Å². The zero-order valence-electron chi connectivity index (χ0n) is 13.0. The van der Waals surface area contributed by atoms with Crippen molar-refractivity contribution >= 4 is 38.6 Å². The predicted octanol–water partition coefficient (Wildman–Crippen LogP) is 1.28. The van der Waals surface area contributed by atoms with Gasteiger partial charge in [0.1, 0.15) is 6.54 Å². The average molecular weight is 392 g/mol. The second-order valence-electron chi connectivity index (χ2n) is 6.03. The van der Waals surface area contributed by atoms with E-state index in [0.717, 1.165) is 15.4 Å². The van der Waals surface area contributed by atoms with Crippen LogP contribution >= 0.6 is 15.9 Å². The third kappa shape index (κ3) is 3.09. The van der Waals surface area contributed by atoms with Crippen LogP contribution in [0.2, 0.25) is 0 Å². The van der Waals surface area contributed by atoms with Crippen LogP contribution in [0.3, 0.4) is 0 Å². The number of benzene rings is 1. The summed E-state index contributed by atoms with van der Waals surface area (Å²) in [5, 5.41) is 13.5. The zero-order valence-corrected chi connectivity index (χ0v) is 14.6. The molecule has 1 fully saturated rings. The Morgan fingerprint density at radius 3 is 2.79 bits per heavy atom. The Hall–Kier alpha value is -2.12. The monoisotopic (exact) mass is 391 g/mol. The first-order valence-corrected chi connectivity index (χ1v) is 8.33. The van der Waals surface area contributed by atoms with Crippen LogP contribution < -0.4 is 5.32 Å². The molecule has 24 heavy (non-hydrogen) atoms. The van der Waals surface area contributed by atoms with Crippen LogP contribution in [-0.4, -0.2) is 51.6 Å². The highest BCUT2D eigenvalue weighted by Gasteiger charge is 2.45. The highest BCUT2D eigenvalue weighted by molar-refractivity contribution is 9.10.